The van der Waals surface area contributed by atoms with Gasteiger partial charge in [0.25, 0.3) is 0 Å². The first-order chi connectivity index (χ1) is 10.2. The quantitative estimate of drug-likeness (QED) is 0.508. The van der Waals surface area contributed by atoms with E-state index < -0.39 is 0 Å². The van der Waals surface area contributed by atoms with Crippen molar-refractivity contribution in [3.63, 3.8) is 0 Å². The highest BCUT2D eigenvalue weighted by Gasteiger charge is 2.07. The summed E-state index contributed by atoms with van der Waals surface area (Å²) in [5.74, 6) is 0.323. The van der Waals surface area contributed by atoms with Crippen molar-refractivity contribution < 1.29 is 9.53 Å². The fraction of sp³-hybridized carbons (Fsp3) is 0.0556. The molecule has 0 fully saturated rings. The van der Waals surface area contributed by atoms with Gasteiger partial charge in [0.2, 0.25) is 0 Å². The number of benzene rings is 3. The first kappa shape index (κ1) is 13.8. The van der Waals surface area contributed by atoms with Crippen molar-refractivity contribution in [1.82, 2.24) is 0 Å². The van der Waals surface area contributed by atoms with Crippen LogP contribution in [0.5, 0.6) is 5.75 Å². The molecule has 104 valence electrons. The molecule has 0 aliphatic carbocycles. The van der Waals surface area contributed by atoms with E-state index in [1.165, 1.54) is 0 Å². The molecule has 3 rings (SSSR count). The zero-order valence-electron chi connectivity index (χ0n) is 11.3. The number of ether oxygens (including phenoxy) is 1. The second-order valence-electron chi connectivity index (χ2n) is 4.79. The Hall–Kier alpha value is -2.13. The summed E-state index contributed by atoms with van der Waals surface area (Å²) in [5, 5.41) is 2.15. The van der Waals surface area contributed by atoms with E-state index in [2.05, 4.69) is 15.9 Å². The maximum absolute atomic E-state index is 11.9. The van der Waals surface area contributed by atoms with Crippen LogP contribution in [0.15, 0.2) is 71.2 Å². The van der Waals surface area contributed by atoms with E-state index in [1.54, 1.807) is 0 Å². The highest BCUT2D eigenvalue weighted by molar-refractivity contribution is 9.10. The molecule has 0 bridgehead atoms. The van der Waals surface area contributed by atoms with Crippen LogP contribution in [-0.4, -0.2) is 5.97 Å². The molecule has 0 aliphatic heterocycles. The van der Waals surface area contributed by atoms with Crippen LogP contribution in [0.3, 0.4) is 0 Å². The first-order valence-electron chi connectivity index (χ1n) is 6.65. The summed E-state index contributed by atoms with van der Waals surface area (Å²) in [6, 6.07) is 21.2. The van der Waals surface area contributed by atoms with E-state index in [9.17, 15) is 4.79 Å². The lowest BCUT2D eigenvalue weighted by Crippen LogP contribution is -2.11. The Morgan fingerprint density at radius 2 is 1.62 bits per heavy atom. The fourth-order valence-electron chi connectivity index (χ4n) is 2.19. The summed E-state index contributed by atoms with van der Waals surface area (Å²) in [4.78, 5) is 11.9. The Morgan fingerprint density at radius 3 is 2.43 bits per heavy atom. The predicted octanol–water partition coefficient (Wildman–Crippen LogP) is 4.75. The zero-order chi connectivity index (χ0) is 14.7. The SMILES string of the molecule is O=C(Cc1ccccc1)Oc1ccc2cc(Br)ccc2c1. The second kappa shape index (κ2) is 6.10. The van der Waals surface area contributed by atoms with Crippen LogP contribution < -0.4 is 4.74 Å². The van der Waals surface area contributed by atoms with Crippen LogP contribution in [0, 0.1) is 0 Å². The molecule has 0 amide bonds. The average Bonchev–Trinajstić information content (AvgIpc) is 2.48. The fourth-order valence-corrected chi connectivity index (χ4v) is 2.57. The highest BCUT2D eigenvalue weighted by atomic mass is 79.9. The zero-order valence-corrected chi connectivity index (χ0v) is 12.8. The van der Waals surface area contributed by atoms with Crippen LogP contribution in [0.2, 0.25) is 0 Å². The number of hydrogen-bond donors (Lipinski definition) is 0. The number of esters is 1. The van der Waals surface area contributed by atoms with Gasteiger partial charge in [0, 0.05) is 4.47 Å². The predicted molar refractivity (Wildman–Crippen MR) is 87.4 cm³/mol. The lowest BCUT2D eigenvalue weighted by Gasteiger charge is -2.06. The van der Waals surface area contributed by atoms with E-state index in [4.69, 9.17) is 4.74 Å². The van der Waals surface area contributed by atoms with Gasteiger partial charge in [-0.25, -0.2) is 0 Å². The van der Waals surface area contributed by atoms with Crippen LogP contribution in [0.1, 0.15) is 5.56 Å². The van der Waals surface area contributed by atoms with E-state index in [1.807, 2.05) is 66.7 Å². The maximum atomic E-state index is 11.9. The molecule has 0 radical (unpaired) electrons. The molecule has 21 heavy (non-hydrogen) atoms. The number of hydrogen-bond acceptors (Lipinski definition) is 2. The average molecular weight is 341 g/mol. The van der Waals surface area contributed by atoms with Gasteiger partial charge in [-0.1, -0.05) is 58.4 Å². The molecule has 0 saturated carbocycles. The first-order valence-corrected chi connectivity index (χ1v) is 7.44. The van der Waals surface area contributed by atoms with Crippen molar-refractivity contribution in [2.75, 3.05) is 0 Å². The lowest BCUT2D eigenvalue weighted by atomic mass is 10.1. The standard InChI is InChI=1S/C18H13BrO2/c19-16-8-6-15-12-17(9-7-14(15)11-16)21-18(20)10-13-4-2-1-3-5-13/h1-9,11-12H,10H2. The Kier molecular flexibility index (Phi) is 4.02. The molecule has 3 aromatic carbocycles. The normalized spacial score (nSPS) is 10.5. The van der Waals surface area contributed by atoms with Crippen LogP contribution in [0.25, 0.3) is 10.8 Å². The molecule has 3 heteroatoms. The third kappa shape index (κ3) is 3.50. The van der Waals surface area contributed by atoms with Gasteiger partial charge in [-0.3, -0.25) is 4.79 Å². The number of carbonyl (C=O) groups is 1. The third-order valence-electron chi connectivity index (χ3n) is 3.20. The van der Waals surface area contributed by atoms with Crippen molar-refractivity contribution in [2.24, 2.45) is 0 Å². The summed E-state index contributed by atoms with van der Waals surface area (Å²) in [7, 11) is 0. The van der Waals surface area contributed by atoms with Crippen molar-refractivity contribution >= 4 is 32.7 Å². The third-order valence-corrected chi connectivity index (χ3v) is 3.69. The van der Waals surface area contributed by atoms with Crippen molar-refractivity contribution in [2.45, 2.75) is 6.42 Å². The van der Waals surface area contributed by atoms with Gasteiger partial charge in [-0.05, 0) is 40.6 Å². The van der Waals surface area contributed by atoms with Gasteiger partial charge < -0.3 is 4.74 Å². The molecular formula is C18H13BrO2. The van der Waals surface area contributed by atoms with Crippen molar-refractivity contribution in [1.29, 1.82) is 0 Å². The molecule has 0 aromatic heterocycles. The molecule has 3 aromatic rings. The van der Waals surface area contributed by atoms with Gasteiger partial charge in [-0.15, -0.1) is 0 Å². The lowest BCUT2D eigenvalue weighted by molar-refractivity contribution is -0.133. The minimum Gasteiger partial charge on any atom is -0.426 e. The summed E-state index contributed by atoms with van der Waals surface area (Å²) in [6.07, 6.45) is 0.277. The van der Waals surface area contributed by atoms with Gasteiger partial charge in [-0.2, -0.15) is 0 Å². The Balaban J connectivity index is 1.75. The molecule has 2 nitrogen and oxygen atoms in total. The molecule has 0 spiro atoms. The smallest absolute Gasteiger partial charge is 0.315 e. The topological polar surface area (TPSA) is 26.3 Å². The molecule has 0 atom stereocenters. The molecule has 0 N–H and O–H groups in total. The summed E-state index contributed by atoms with van der Waals surface area (Å²) >= 11 is 3.44. The summed E-state index contributed by atoms with van der Waals surface area (Å²) < 4.78 is 6.44. The molecule has 0 unspecified atom stereocenters. The van der Waals surface area contributed by atoms with E-state index in [0.29, 0.717) is 5.75 Å². The van der Waals surface area contributed by atoms with E-state index in [-0.39, 0.29) is 12.4 Å². The molecular weight excluding hydrogens is 328 g/mol. The minimum atomic E-state index is -0.252. The molecule has 0 saturated heterocycles. The van der Waals surface area contributed by atoms with Crippen molar-refractivity contribution in [3.05, 3.63) is 76.8 Å². The monoisotopic (exact) mass is 340 g/mol. The largest absolute Gasteiger partial charge is 0.426 e. The van der Waals surface area contributed by atoms with Crippen LogP contribution >= 0.6 is 15.9 Å². The second-order valence-corrected chi connectivity index (χ2v) is 5.71. The summed E-state index contributed by atoms with van der Waals surface area (Å²) in [5.41, 5.74) is 0.951. The highest BCUT2D eigenvalue weighted by Crippen LogP contribution is 2.24. The van der Waals surface area contributed by atoms with Gasteiger partial charge in [0.05, 0.1) is 6.42 Å². The number of fused-ring (bicyclic) bond motifs is 1. The van der Waals surface area contributed by atoms with E-state index in [0.717, 1.165) is 20.8 Å². The van der Waals surface area contributed by atoms with Gasteiger partial charge >= 0.3 is 5.97 Å². The maximum Gasteiger partial charge on any atom is 0.315 e. The Labute approximate surface area is 131 Å². The van der Waals surface area contributed by atoms with Crippen LogP contribution in [0.4, 0.5) is 0 Å². The Bertz CT molecular complexity index is 782. The minimum absolute atomic E-state index is 0.252. The molecule has 0 heterocycles. The van der Waals surface area contributed by atoms with Gasteiger partial charge in [0.1, 0.15) is 5.75 Å². The van der Waals surface area contributed by atoms with E-state index >= 15 is 0 Å². The van der Waals surface area contributed by atoms with Crippen molar-refractivity contribution in [3.8, 4) is 5.75 Å². The number of halogens is 1. The van der Waals surface area contributed by atoms with Crippen LogP contribution in [-0.2, 0) is 11.2 Å². The number of rotatable bonds is 3. The molecule has 0 aliphatic rings. The number of carbonyl (C=O) groups excluding carboxylic acids is 1. The summed E-state index contributed by atoms with van der Waals surface area (Å²) in [6.45, 7) is 0. The Morgan fingerprint density at radius 1 is 0.905 bits per heavy atom. The van der Waals surface area contributed by atoms with Gasteiger partial charge in [0.15, 0.2) is 0 Å².